The molecule has 2 fully saturated rings. The molecule has 1 atom stereocenters. The number of nitrogens with two attached hydrogens (primary N) is 1. The minimum Gasteiger partial charge on any atom is -0.481 e. The van der Waals surface area contributed by atoms with Crippen LogP contribution in [0.4, 0.5) is 27.4 Å². The van der Waals surface area contributed by atoms with Crippen LogP contribution < -0.4 is 21.3 Å². The van der Waals surface area contributed by atoms with Crippen molar-refractivity contribution in [1.82, 2.24) is 14.8 Å². The van der Waals surface area contributed by atoms with Gasteiger partial charge in [-0.25, -0.2) is 9.07 Å². The van der Waals surface area contributed by atoms with Crippen LogP contribution in [-0.2, 0) is 10.3 Å². The molecule has 206 valence electrons. The van der Waals surface area contributed by atoms with Crippen molar-refractivity contribution >= 4 is 34.9 Å². The molecule has 11 heteroatoms. The van der Waals surface area contributed by atoms with Gasteiger partial charge in [0.15, 0.2) is 5.82 Å². The second-order valence-corrected chi connectivity index (χ2v) is 10.9. The number of amides is 1. The fourth-order valence-corrected chi connectivity index (χ4v) is 6.36. The van der Waals surface area contributed by atoms with Crippen molar-refractivity contribution < 1.29 is 19.1 Å². The Morgan fingerprint density at radius 1 is 1.11 bits per heavy atom. The molecule has 38 heavy (non-hydrogen) atoms. The summed E-state index contributed by atoms with van der Waals surface area (Å²) in [7, 11) is 0. The van der Waals surface area contributed by atoms with E-state index >= 15 is 4.39 Å². The molecule has 1 aliphatic carbocycles. The molecule has 1 saturated carbocycles. The smallest absolute Gasteiger partial charge is 0.306 e. The summed E-state index contributed by atoms with van der Waals surface area (Å²) in [6.45, 7) is 1.25. The van der Waals surface area contributed by atoms with Crippen LogP contribution in [0.1, 0.15) is 81.0 Å². The standard InChI is InChI=1S/C27H38FN7O3/c28-21-17-31-24-22(23(29)33-35(24)27(21)11-6-4-2-1-3-5-7-12-27)25(36)32-19-16-30-13-8-20(19)34-14-9-18(10-15-34)26(37)38/h8,13,16,18,21,31H,1-7,9-12,14-15,17H2,(H2,29,33)(H,32,36)(H,37,38). The average molecular weight is 528 g/mol. The first-order chi connectivity index (χ1) is 18.4. The Labute approximate surface area is 222 Å². The van der Waals surface area contributed by atoms with Gasteiger partial charge in [0.25, 0.3) is 5.91 Å². The second-order valence-electron chi connectivity index (χ2n) is 10.9. The number of piperidine rings is 1. The van der Waals surface area contributed by atoms with Crippen LogP contribution in [0, 0.1) is 5.92 Å². The summed E-state index contributed by atoms with van der Waals surface area (Å²) in [6.07, 6.45) is 12.0. The first-order valence-electron chi connectivity index (χ1n) is 13.9. The maximum atomic E-state index is 15.7. The molecule has 1 unspecified atom stereocenters. The van der Waals surface area contributed by atoms with E-state index in [1.54, 1.807) is 17.1 Å². The molecular weight excluding hydrogens is 489 g/mol. The van der Waals surface area contributed by atoms with Crippen LogP contribution >= 0.6 is 0 Å². The Kier molecular flexibility index (Phi) is 7.71. The lowest BCUT2D eigenvalue weighted by Crippen LogP contribution is -2.51. The number of carbonyl (C=O) groups excluding carboxylic acids is 1. The quantitative estimate of drug-likeness (QED) is 0.459. The molecular formula is C27H38FN7O3. The van der Waals surface area contributed by atoms with Gasteiger partial charge in [-0.1, -0.05) is 44.9 Å². The monoisotopic (exact) mass is 527 g/mol. The number of carboxylic acid groups (broad SMARTS) is 1. The lowest BCUT2D eigenvalue weighted by Gasteiger charge is -2.42. The van der Waals surface area contributed by atoms with E-state index in [0.29, 0.717) is 50.3 Å². The zero-order valence-electron chi connectivity index (χ0n) is 21.8. The predicted octanol–water partition coefficient (Wildman–Crippen LogP) is 4.40. The fourth-order valence-electron chi connectivity index (χ4n) is 6.36. The molecule has 2 aliphatic heterocycles. The van der Waals surface area contributed by atoms with Crippen LogP contribution in [0.25, 0.3) is 0 Å². The molecule has 0 aromatic carbocycles. The van der Waals surface area contributed by atoms with Gasteiger partial charge in [-0.3, -0.25) is 14.6 Å². The largest absolute Gasteiger partial charge is 0.481 e. The lowest BCUT2D eigenvalue weighted by atomic mass is 9.80. The molecule has 3 aliphatic rings. The Hall–Kier alpha value is -3.37. The number of pyridine rings is 1. The van der Waals surface area contributed by atoms with Crippen molar-refractivity contribution in [2.24, 2.45) is 5.92 Å². The van der Waals surface area contributed by atoms with Crippen molar-refractivity contribution in [2.75, 3.05) is 40.9 Å². The van der Waals surface area contributed by atoms with Crippen LogP contribution in [0.15, 0.2) is 18.5 Å². The number of nitrogens with one attached hydrogen (secondary N) is 2. The summed E-state index contributed by atoms with van der Waals surface area (Å²) in [5.74, 6) is -1.02. The minimum atomic E-state index is -1.12. The molecule has 5 N–H and O–H groups in total. The SMILES string of the molecule is Nc1nn2c(c1C(=O)Nc1cnccc1N1CCC(C(=O)O)CC1)NCC(F)C21CCCCCCCCC1. The van der Waals surface area contributed by atoms with Gasteiger partial charge in [0.2, 0.25) is 0 Å². The van der Waals surface area contributed by atoms with Crippen molar-refractivity contribution in [3.05, 3.63) is 24.0 Å². The number of anilines is 4. The number of aromatic nitrogens is 3. The third-order valence-electron chi connectivity index (χ3n) is 8.54. The zero-order chi connectivity index (χ0) is 26.7. The van der Waals surface area contributed by atoms with Crippen LogP contribution in [-0.4, -0.2) is 57.6 Å². The molecule has 2 aromatic heterocycles. The fraction of sp³-hybridized carbons (Fsp3) is 0.630. The van der Waals surface area contributed by atoms with Gasteiger partial charge < -0.3 is 26.4 Å². The topological polar surface area (TPSA) is 138 Å². The number of hydrogen-bond donors (Lipinski definition) is 4. The van der Waals surface area contributed by atoms with Crippen molar-refractivity contribution in [3.63, 3.8) is 0 Å². The van der Waals surface area contributed by atoms with Gasteiger partial charge in [0, 0.05) is 25.8 Å². The number of halogens is 1. The minimum absolute atomic E-state index is 0.0725. The van der Waals surface area contributed by atoms with Gasteiger partial charge >= 0.3 is 5.97 Å². The predicted molar refractivity (Wildman–Crippen MR) is 144 cm³/mol. The first-order valence-corrected chi connectivity index (χ1v) is 13.9. The van der Waals surface area contributed by atoms with Crippen LogP contribution in [0.3, 0.4) is 0 Å². The highest BCUT2D eigenvalue weighted by atomic mass is 19.1. The summed E-state index contributed by atoms with van der Waals surface area (Å²) in [4.78, 5) is 31.2. The molecule has 1 spiro atoms. The Morgan fingerprint density at radius 2 is 1.76 bits per heavy atom. The van der Waals surface area contributed by atoms with Crippen molar-refractivity contribution in [1.29, 1.82) is 0 Å². The zero-order valence-corrected chi connectivity index (χ0v) is 21.8. The van der Waals surface area contributed by atoms with E-state index in [9.17, 15) is 14.7 Å². The number of nitrogens with zero attached hydrogens (tertiary/aromatic N) is 4. The highest BCUT2D eigenvalue weighted by molar-refractivity contribution is 6.12. The molecule has 2 aromatic rings. The van der Waals surface area contributed by atoms with Crippen LogP contribution in [0.2, 0.25) is 0 Å². The highest BCUT2D eigenvalue weighted by Gasteiger charge is 2.47. The lowest BCUT2D eigenvalue weighted by molar-refractivity contribution is -0.142. The summed E-state index contributed by atoms with van der Waals surface area (Å²) in [5.41, 5.74) is 7.02. The third kappa shape index (κ3) is 5.02. The van der Waals surface area contributed by atoms with Crippen LogP contribution in [0.5, 0.6) is 0 Å². The van der Waals surface area contributed by atoms with Gasteiger partial charge in [-0.15, -0.1) is 0 Å². The van der Waals surface area contributed by atoms with E-state index in [2.05, 4.69) is 25.6 Å². The number of hydrogen-bond acceptors (Lipinski definition) is 7. The van der Waals surface area contributed by atoms with E-state index in [1.165, 1.54) is 6.42 Å². The average Bonchev–Trinajstić information content (AvgIpc) is 3.27. The van der Waals surface area contributed by atoms with E-state index in [4.69, 9.17) is 5.73 Å². The molecule has 10 nitrogen and oxygen atoms in total. The summed E-state index contributed by atoms with van der Waals surface area (Å²) in [6, 6.07) is 1.81. The van der Waals surface area contributed by atoms with E-state index in [1.807, 2.05) is 6.07 Å². The van der Waals surface area contributed by atoms with Crippen molar-refractivity contribution in [2.45, 2.75) is 82.3 Å². The third-order valence-corrected chi connectivity index (χ3v) is 8.54. The first kappa shape index (κ1) is 26.2. The number of nitrogen functional groups attached to an aromatic ring is 1. The van der Waals surface area contributed by atoms with E-state index in [-0.39, 0.29) is 23.8 Å². The molecule has 1 amide bonds. The normalized spacial score (nSPS) is 22.3. The molecule has 0 bridgehead atoms. The number of carbonyl (C=O) groups is 2. The molecule has 0 radical (unpaired) electrons. The second kappa shape index (κ2) is 11.2. The summed E-state index contributed by atoms with van der Waals surface area (Å²) < 4.78 is 17.3. The van der Waals surface area contributed by atoms with Gasteiger partial charge in [-0.2, -0.15) is 5.10 Å². The van der Waals surface area contributed by atoms with Gasteiger partial charge in [0.05, 0.1) is 29.0 Å². The molecule has 5 rings (SSSR count). The molecule has 4 heterocycles. The number of rotatable bonds is 4. The number of alkyl halides is 1. The Morgan fingerprint density at radius 3 is 2.42 bits per heavy atom. The number of carboxylic acids is 1. The van der Waals surface area contributed by atoms with Gasteiger partial charge in [-0.05, 0) is 31.7 Å². The Balaban J connectivity index is 1.40. The van der Waals surface area contributed by atoms with E-state index < -0.39 is 23.6 Å². The number of aliphatic carboxylic acids is 1. The molecule has 1 saturated heterocycles. The highest BCUT2D eigenvalue weighted by Crippen LogP contribution is 2.43. The maximum absolute atomic E-state index is 15.7. The summed E-state index contributed by atoms with van der Waals surface area (Å²) in [5, 5.41) is 19.9. The van der Waals surface area contributed by atoms with Gasteiger partial charge in [0.1, 0.15) is 17.6 Å². The Bertz CT molecular complexity index is 1150. The van der Waals surface area contributed by atoms with Crippen molar-refractivity contribution in [3.8, 4) is 0 Å². The number of fused-ring (bicyclic) bond motifs is 2. The summed E-state index contributed by atoms with van der Waals surface area (Å²) >= 11 is 0. The van der Waals surface area contributed by atoms with E-state index in [0.717, 1.165) is 44.2 Å². The maximum Gasteiger partial charge on any atom is 0.306 e.